The van der Waals surface area contributed by atoms with Gasteiger partial charge < -0.3 is 63.3 Å². The molecule has 0 spiro atoms. The minimum Gasteiger partial charge on any atom is -0.491 e. The Hall–Kier alpha value is -11.9. The number of fused-ring (bicyclic) bond motifs is 9. The lowest BCUT2D eigenvalue weighted by Crippen LogP contribution is -2.41. The second-order valence-corrected chi connectivity index (χ2v) is 27.5. The van der Waals surface area contributed by atoms with Crippen LogP contribution >= 0.6 is 34.8 Å². The van der Waals surface area contributed by atoms with Gasteiger partial charge in [-0.3, -0.25) is 19.4 Å². The summed E-state index contributed by atoms with van der Waals surface area (Å²) < 4.78 is 38.5. The average Bonchev–Trinajstić information content (AvgIpc) is 1.62. The Morgan fingerprint density at radius 2 is 0.856 bits per heavy atom. The Labute approximate surface area is 654 Å². The maximum atomic E-state index is 13.1. The first-order valence-corrected chi connectivity index (χ1v) is 37.0. The molecule has 0 fully saturated rings. The third-order valence-corrected chi connectivity index (χ3v) is 19.6. The molecule has 0 bridgehead atoms. The van der Waals surface area contributed by atoms with Gasteiger partial charge in [-0.25, -0.2) is 29.0 Å². The first kappa shape index (κ1) is 77.2. The topological polar surface area (TPSA) is 304 Å². The first-order valence-electron chi connectivity index (χ1n) is 35.8. The van der Waals surface area contributed by atoms with E-state index in [9.17, 15) is 29.7 Å². The van der Waals surface area contributed by atoms with Crippen LogP contribution in [0.3, 0.4) is 0 Å². The van der Waals surface area contributed by atoms with E-state index < -0.39 is 36.6 Å². The molecule has 570 valence electrons. The highest BCUT2D eigenvalue weighted by Crippen LogP contribution is 2.44. The highest BCUT2D eigenvalue weighted by Gasteiger charge is 2.39. The van der Waals surface area contributed by atoms with Crippen molar-refractivity contribution in [1.82, 2.24) is 69.0 Å². The number of benzene rings is 6. The fraction of sp³-hybridized carbons (Fsp3) is 0.293. The van der Waals surface area contributed by atoms with Gasteiger partial charge in [-0.05, 0) is 164 Å². The number of amides is 3. The van der Waals surface area contributed by atoms with Crippen molar-refractivity contribution in [1.29, 1.82) is 0 Å². The monoisotopic (exact) mass is 1560 g/mol. The predicted molar refractivity (Wildman–Crippen MR) is 417 cm³/mol. The highest BCUT2D eigenvalue weighted by atomic mass is 35.5. The smallest absolute Gasteiger partial charge is 0.411 e. The third kappa shape index (κ3) is 18.9. The van der Waals surface area contributed by atoms with Crippen LogP contribution in [0.5, 0.6) is 17.2 Å². The molecular formula is C82H79Cl3N14O12. The van der Waals surface area contributed by atoms with Crippen LogP contribution in [0.4, 0.5) is 14.4 Å². The number of nitrogens with one attached hydrogen (secondary N) is 3. The van der Waals surface area contributed by atoms with Crippen molar-refractivity contribution in [3.63, 3.8) is 0 Å². The molecule has 26 nitrogen and oxygen atoms in total. The number of aliphatic hydroxyl groups is 3. The van der Waals surface area contributed by atoms with Crippen molar-refractivity contribution < 1.29 is 58.1 Å². The number of ether oxygens (including phenoxy) is 6. The van der Waals surface area contributed by atoms with E-state index in [1.165, 1.54) is 6.33 Å². The summed E-state index contributed by atoms with van der Waals surface area (Å²) in [5, 5.41) is 47.5. The molecule has 0 saturated heterocycles. The van der Waals surface area contributed by atoms with Crippen LogP contribution in [0.2, 0.25) is 15.1 Å². The van der Waals surface area contributed by atoms with Crippen LogP contribution in [-0.4, -0.2) is 180 Å². The van der Waals surface area contributed by atoms with Gasteiger partial charge in [0, 0.05) is 103 Å². The van der Waals surface area contributed by atoms with Crippen LogP contribution in [-0.2, 0) is 53.1 Å². The third-order valence-electron chi connectivity index (χ3n) is 18.9. The zero-order chi connectivity index (χ0) is 77.3. The number of hydrogen-bond donors (Lipinski definition) is 6. The molecule has 6 N–H and O–H groups in total. The Bertz CT molecular complexity index is 4840. The zero-order valence-corrected chi connectivity index (χ0v) is 63.1. The van der Waals surface area contributed by atoms with Crippen molar-refractivity contribution in [2.75, 3.05) is 59.3 Å². The Kier molecular flexibility index (Phi) is 25.4. The molecule has 111 heavy (non-hydrogen) atoms. The Balaban J connectivity index is 0.000000146. The molecule has 0 saturated carbocycles. The number of aromatic amines is 3. The maximum Gasteiger partial charge on any atom is 0.411 e. The highest BCUT2D eigenvalue weighted by molar-refractivity contribution is 6.32. The molecule has 3 amide bonds. The van der Waals surface area contributed by atoms with Crippen LogP contribution in [0, 0.1) is 35.5 Å². The molecule has 3 aliphatic heterocycles. The lowest BCUT2D eigenvalue weighted by atomic mass is 9.92. The van der Waals surface area contributed by atoms with Crippen LogP contribution < -0.4 is 14.2 Å². The lowest BCUT2D eigenvalue weighted by Gasteiger charge is -2.35. The Morgan fingerprint density at radius 1 is 0.477 bits per heavy atom. The minimum absolute atomic E-state index is 0.0391. The number of imidazole rings is 1. The Morgan fingerprint density at radius 3 is 1.19 bits per heavy atom. The first-order chi connectivity index (χ1) is 54.1. The lowest BCUT2D eigenvalue weighted by molar-refractivity contribution is 0.0886. The number of hydrogen-bond acceptors (Lipinski definition) is 17. The summed E-state index contributed by atoms with van der Waals surface area (Å²) in [5.74, 6) is 18.4. The fourth-order valence-corrected chi connectivity index (χ4v) is 14.4. The van der Waals surface area contributed by atoms with E-state index in [-0.39, 0.29) is 70.9 Å². The summed E-state index contributed by atoms with van der Waals surface area (Å²) >= 11 is 18.8. The number of rotatable bonds is 21. The molecule has 3 aliphatic rings. The van der Waals surface area contributed by atoms with Crippen molar-refractivity contribution in [3.8, 4) is 52.8 Å². The van der Waals surface area contributed by atoms with Crippen molar-refractivity contribution >= 4 is 85.8 Å². The molecule has 12 aromatic rings. The number of nitrogens with zero attached hydrogens (tertiary/aromatic N) is 11. The van der Waals surface area contributed by atoms with Gasteiger partial charge in [0.1, 0.15) is 86.2 Å². The molecular weight excluding hydrogens is 1480 g/mol. The molecule has 15 rings (SSSR count). The van der Waals surface area contributed by atoms with Gasteiger partial charge in [0.15, 0.2) is 19.8 Å². The number of halogens is 3. The van der Waals surface area contributed by atoms with Crippen molar-refractivity contribution in [2.45, 2.75) is 96.1 Å². The van der Waals surface area contributed by atoms with Gasteiger partial charge in [0.25, 0.3) is 0 Å². The number of H-pyrrole nitrogens is 3. The van der Waals surface area contributed by atoms with E-state index in [1.807, 2.05) is 127 Å². The second-order valence-electron chi connectivity index (χ2n) is 26.2. The van der Waals surface area contributed by atoms with Gasteiger partial charge in [0.05, 0.1) is 32.2 Å². The molecule has 0 radical (unpaired) electrons. The van der Waals surface area contributed by atoms with Gasteiger partial charge in [-0.15, -0.1) is 22.9 Å². The summed E-state index contributed by atoms with van der Waals surface area (Å²) in [7, 11) is 0. The number of carbonyl (C=O) groups is 3. The summed E-state index contributed by atoms with van der Waals surface area (Å²) in [4.78, 5) is 62.7. The minimum atomic E-state index is -0.739. The fourth-order valence-electron chi connectivity index (χ4n) is 13.9. The molecule has 6 aromatic carbocycles. The van der Waals surface area contributed by atoms with E-state index in [1.54, 1.807) is 86.8 Å². The largest absolute Gasteiger partial charge is 0.491 e. The second kappa shape index (κ2) is 36.5. The van der Waals surface area contributed by atoms with Gasteiger partial charge in [0.2, 0.25) is 0 Å². The van der Waals surface area contributed by atoms with Crippen LogP contribution in [0.25, 0.3) is 32.7 Å². The summed E-state index contributed by atoms with van der Waals surface area (Å²) in [6.45, 7) is 8.03. The molecule has 9 heterocycles. The summed E-state index contributed by atoms with van der Waals surface area (Å²) in [5.41, 5.74) is 11.8. The number of carbonyl (C=O) groups excluding carboxylic acids is 3. The maximum absolute atomic E-state index is 13.1. The van der Waals surface area contributed by atoms with Gasteiger partial charge in [-0.1, -0.05) is 94.2 Å². The van der Waals surface area contributed by atoms with E-state index in [4.69, 9.17) is 63.2 Å². The summed E-state index contributed by atoms with van der Waals surface area (Å²) in [6.07, 6.45) is 9.91. The van der Waals surface area contributed by atoms with Crippen LogP contribution in [0.1, 0.15) is 89.4 Å². The van der Waals surface area contributed by atoms with E-state index >= 15 is 0 Å². The quantitative estimate of drug-likeness (QED) is 0.0288. The van der Waals surface area contributed by atoms with Gasteiger partial charge >= 0.3 is 18.3 Å². The SMILES string of the molecule is CC#CCOC(=O)N1CCc2c([nH]c3ccc(Cl)cc23)C1c1ccc(OCC(O)Cn2ccnc2)cc1.CC#CCOC(=O)N1CCc2c([nH]c3ccc(Cl)cc23)C1c1ccc(OCC(O)Cn2ccnn2)cc1.CC#CCOC(=O)N1CCc2c([nH]c3ccc(Cl)cc23)C1c1ccc(OCC(O)Cn2cncn2)cc1. The number of aromatic nitrogens is 11. The molecule has 6 aromatic heterocycles. The van der Waals surface area contributed by atoms with Gasteiger partial charge in [-0.2, -0.15) is 5.10 Å². The van der Waals surface area contributed by atoms with E-state index in [2.05, 4.69) is 75.9 Å². The van der Waals surface area contributed by atoms with Crippen molar-refractivity contribution in [2.24, 2.45) is 0 Å². The molecule has 0 aliphatic carbocycles. The van der Waals surface area contributed by atoms with E-state index in [0.717, 1.165) is 83.2 Å². The molecule has 6 atom stereocenters. The normalized spacial score (nSPS) is 15.5. The average molecular weight is 1560 g/mol. The van der Waals surface area contributed by atoms with E-state index in [0.29, 0.717) is 77.8 Å². The zero-order valence-electron chi connectivity index (χ0n) is 60.8. The van der Waals surface area contributed by atoms with Crippen LogP contribution in [0.15, 0.2) is 171 Å². The standard InChI is InChI=1S/C28H27ClN4O4.2C27H26ClN5O4/c1-2-3-14-36-28(35)33-12-10-23-24-15-20(29)6-9-25(24)31-26(23)27(33)19-4-7-22(8-5-19)37-17-21(34)16-32-13-11-30-18-32;1-2-3-14-36-27(35)33-12-10-22-23-15-19(28)6-9-24(23)30-25(22)26(33)18-4-7-21(8-5-18)37-17-20(34)16-32-13-11-29-31-32;1-2-3-12-36-27(35)33-11-10-22-23-13-19(28)6-9-24(23)31-25(22)26(33)18-4-7-21(8-5-18)37-15-20(34)14-32-17-29-16-30-32/h4-9,11,13,15,18,21,27,31,34H,10,12,14,16-17H2,1H3;4-9,11,13,15,20,26,30,34H,10,12,14,16-17H2,1H3;4-9,13,16-17,20,26,31,34H,10-12,14-15H2,1H3. The predicted octanol–water partition coefficient (Wildman–Crippen LogP) is 12.5. The summed E-state index contributed by atoms with van der Waals surface area (Å²) in [6, 6.07) is 38.7. The molecule has 6 unspecified atom stereocenters. The van der Waals surface area contributed by atoms with Crippen molar-refractivity contribution in [3.05, 3.63) is 237 Å². The molecule has 29 heteroatoms. The number of aliphatic hydroxyl groups excluding tert-OH is 3.